The van der Waals surface area contributed by atoms with Gasteiger partial charge in [-0.15, -0.1) is 0 Å². The maximum atomic E-state index is 13.5. The average molecular weight is 407 g/mol. The Balaban J connectivity index is 2.26. The van der Waals surface area contributed by atoms with E-state index < -0.39 is 29.0 Å². The number of carbonyl (C=O) groups excluding carboxylic acids is 3. The summed E-state index contributed by atoms with van der Waals surface area (Å²) in [5, 5.41) is 11.9. The van der Waals surface area contributed by atoms with Crippen LogP contribution in [0.3, 0.4) is 0 Å². The summed E-state index contributed by atoms with van der Waals surface area (Å²) < 4.78 is 0. The number of aliphatic carboxylic acids is 1. The monoisotopic (exact) mass is 407 g/mol. The average Bonchev–Trinajstić information content (AvgIpc) is 2.94. The second kappa shape index (κ2) is 8.22. The van der Waals surface area contributed by atoms with E-state index in [2.05, 4.69) is 5.32 Å². The van der Waals surface area contributed by atoms with Crippen molar-refractivity contribution in [3.05, 3.63) is 70.3 Å². The van der Waals surface area contributed by atoms with Crippen LogP contribution in [-0.4, -0.2) is 28.5 Å². The van der Waals surface area contributed by atoms with E-state index in [0.717, 1.165) is 5.56 Å². The Hall–Kier alpha value is -3.28. The van der Waals surface area contributed by atoms with Gasteiger partial charge in [0.1, 0.15) is 0 Å². The summed E-state index contributed by atoms with van der Waals surface area (Å²) in [5.41, 5.74) is 0.536. The Kier molecular flexibility index (Phi) is 5.87. The molecule has 0 saturated heterocycles. The van der Waals surface area contributed by atoms with Gasteiger partial charge in [-0.3, -0.25) is 19.2 Å². The molecule has 0 unspecified atom stereocenters. The van der Waals surface area contributed by atoms with Crippen LogP contribution in [0.4, 0.5) is 0 Å². The van der Waals surface area contributed by atoms with Crippen LogP contribution in [0.5, 0.6) is 0 Å². The standard InChI is InChI=1S/C24H25NO5/c1-4-20(26)25-24(22(29)17-7-5-6-8-18(17)23(24)30)19-11-9-15(14(2)3)13-16(19)10-12-21(27)28/h5-9,11,13-14H,4,10,12H2,1-3H3,(H,25,26)(H,27,28). The van der Waals surface area contributed by atoms with Crippen molar-refractivity contribution in [2.45, 2.75) is 51.5 Å². The summed E-state index contributed by atoms with van der Waals surface area (Å²) in [5.74, 6) is -2.20. The fourth-order valence-corrected chi connectivity index (χ4v) is 3.90. The maximum absolute atomic E-state index is 13.5. The summed E-state index contributed by atoms with van der Waals surface area (Å²) in [6, 6.07) is 11.9. The van der Waals surface area contributed by atoms with Crippen LogP contribution < -0.4 is 5.32 Å². The molecule has 2 aromatic rings. The second-order valence-corrected chi connectivity index (χ2v) is 7.82. The number of benzene rings is 2. The van der Waals surface area contributed by atoms with Gasteiger partial charge in [0.05, 0.1) is 0 Å². The molecule has 30 heavy (non-hydrogen) atoms. The molecular weight excluding hydrogens is 382 g/mol. The Morgan fingerprint density at radius 2 is 1.63 bits per heavy atom. The van der Waals surface area contributed by atoms with Gasteiger partial charge in [-0.05, 0) is 29.0 Å². The zero-order valence-electron chi connectivity index (χ0n) is 17.3. The van der Waals surface area contributed by atoms with Crippen LogP contribution in [0, 0.1) is 0 Å². The molecular formula is C24H25NO5. The molecule has 0 aliphatic heterocycles. The number of hydrogen-bond acceptors (Lipinski definition) is 4. The van der Waals surface area contributed by atoms with Crippen LogP contribution in [0.25, 0.3) is 0 Å². The van der Waals surface area contributed by atoms with Crippen molar-refractivity contribution in [3.8, 4) is 0 Å². The van der Waals surface area contributed by atoms with Crippen LogP contribution in [-0.2, 0) is 21.5 Å². The third kappa shape index (κ3) is 3.54. The zero-order chi connectivity index (χ0) is 22.1. The lowest BCUT2D eigenvalue weighted by molar-refractivity contribution is -0.137. The molecule has 0 bridgehead atoms. The minimum atomic E-state index is -1.87. The van der Waals surface area contributed by atoms with Gasteiger partial charge in [0.15, 0.2) is 5.54 Å². The van der Waals surface area contributed by atoms with Crippen molar-refractivity contribution in [3.63, 3.8) is 0 Å². The molecule has 6 nitrogen and oxygen atoms in total. The first-order chi connectivity index (χ1) is 14.2. The Morgan fingerprint density at radius 1 is 1.03 bits per heavy atom. The second-order valence-electron chi connectivity index (χ2n) is 7.82. The van der Waals surface area contributed by atoms with E-state index in [9.17, 15) is 24.3 Å². The van der Waals surface area contributed by atoms with E-state index in [1.807, 2.05) is 26.0 Å². The van der Waals surface area contributed by atoms with Crippen LogP contribution in [0.1, 0.15) is 76.9 Å². The number of carboxylic acids is 1. The molecule has 0 saturated carbocycles. The Labute approximate surface area is 175 Å². The summed E-state index contributed by atoms with van der Waals surface area (Å²) in [7, 11) is 0. The lowest BCUT2D eigenvalue weighted by Gasteiger charge is -2.30. The maximum Gasteiger partial charge on any atom is 0.303 e. The smallest absolute Gasteiger partial charge is 0.303 e. The van der Waals surface area contributed by atoms with Gasteiger partial charge in [0.2, 0.25) is 17.5 Å². The Morgan fingerprint density at radius 3 is 2.13 bits per heavy atom. The van der Waals surface area contributed by atoms with Crippen molar-refractivity contribution >= 4 is 23.4 Å². The van der Waals surface area contributed by atoms with E-state index in [4.69, 9.17) is 0 Å². The number of fused-ring (bicyclic) bond motifs is 1. The fourth-order valence-electron chi connectivity index (χ4n) is 3.90. The minimum absolute atomic E-state index is 0.104. The Bertz CT molecular complexity index is 1000. The number of hydrogen-bond donors (Lipinski definition) is 2. The van der Waals surface area contributed by atoms with E-state index in [1.54, 1.807) is 37.3 Å². The predicted molar refractivity (Wildman–Crippen MR) is 112 cm³/mol. The highest BCUT2D eigenvalue weighted by Crippen LogP contribution is 2.40. The third-order valence-electron chi connectivity index (χ3n) is 5.55. The minimum Gasteiger partial charge on any atom is -0.481 e. The predicted octanol–water partition coefficient (Wildman–Crippen LogP) is 3.63. The quantitative estimate of drug-likeness (QED) is 0.683. The highest BCUT2D eigenvalue weighted by Gasteiger charge is 2.55. The van der Waals surface area contributed by atoms with Crippen LogP contribution in [0.15, 0.2) is 42.5 Å². The van der Waals surface area contributed by atoms with Crippen molar-refractivity contribution < 1.29 is 24.3 Å². The van der Waals surface area contributed by atoms with Gasteiger partial charge in [0, 0.05) is 24.0 Å². The van der Waals surface area contributed by atoms with Gasteiger partial charge < -0.3 is 10.4 Å². The van der Waals surface area contributed by atoms with Crippen molar-refractivity contribution in [2.75, 3.05) is 0 Å². The first kappa shape index (κ1) is 21.4. The van der Waals surface area contributed by atoms with Crippen molar-refractivity contribution in [1.29, 1.82) is 0 Å². The third-order valence-corrected chi connectivity index (χ3v) is 5.55. The van der Waals surface area contributed by atoms with Gasteiger partial charge in [0.25, 0.3) is 0 Å². The largest absolute Gasteiger partial charge is 0.481 e. The summed E-state index contributed by atoms with van der Waals surface area (Å²) in [6.45, 7) is 5.66. The van der Waals surface area contributed by atoms with Gasteiger partial charge in [-0.1, -0.05) is 63.2 Å². The number of Topliss-reactive ketones (excluding diaryl/α,β-unsaturated/α-hetero) is 2. The zero-order valence-corrected chi connectivity index (χ0v) is 17.3. The summed E-state index contributed by atoms with van der Waals surface area (Å²) >= 11 is 0. The van der Waals surface area contributed by atoms with Crippen LogP contribution in [0.2, 0.25) is 0 Å². The fraction of sp³-hybridized carbons (Fsp3) is 0.333. The molecule has 1 aliphatic carbocycles. The number of ketones is 2. The molecule has 2 aromatic carbocycles. The van der Waals surface area contributed by atoms with E-state index in [0.29, 0.717) is 11.1 Å². The molecule has 6 heteroatoms. The lowest BCUT2D eigenvalue weighted by atomic mass is 9.79. The molecule has 0 fully saturated rings. The molecule has 0 spiro atoms. The normalized spacial score (nSPS) is 14.7. The van der Waals surface area contributed by atoms with Crippen molar-refractivity contribution in [1.82, 2.24) is 5.32 Å². The summed E-state index contributed by atoms with van der Waals surface area (Å²) in [6.07, 6.45) is 0.0980. The number of nitrogens with one attached hydrogen (secondary N) is 1. The molecule has 0 atom stereocenters. The highest BCUT2D eigenvalue weighted by atomic mass is 16.4. The molecule has 1 amide bonds. The number of rotatable bonds is 7. The van der Waals surface area contributed by atoms with Crippen molar-refractivity contribution in [2.24, 2.45) is 0 Å². The number of carbonyl (C=O) groups is 4. The first-order valence-corrected chi connectivity index (χ1v) is 10.1. The van der Waals surface area contributed by atoms with Gasteiger partial charge in [-0.25, -0.2) is 0 Å². The van der Waals surface area contributed by atoms with Gasteiger partial charge >= 0.3 is 5.97 Å². The highest BCUT2D eigenvalue weighted by molar-refractivity contribution is 6.33. The van der Waals surface area contributed by atoms with Gasteiger partial charge in [-0.2, -0.15) is 0 Å². The molecule has 0 radical (unpaired) electrons. The number of aryl methyl sites for hydroxylation is 1. The molecule has 3 rings (SSSR count). The van der Waals surface area contributed by atoms with Crippen LogP contribution >= 0.6 is 0 Å². The molecule has 156 valence electrons. The molecule has 0 heterocycles. The number of carboxylic acid groups (broad SMARTS) is 1. The van der Waals surface area contributed by atoms with E-state index in [1.165, 1.54) is 0 Å². The van der Waals surface area contributed by atoms with E-state index >= 15 is 0 Å². The molecule has 0 aromatic heterocycles. The molecule has 1 aliphatic rings. The van der Waals surface area contributed by atoms with E-state index in [-0.39, 0.29) is 36.3 Å². The molecule has 2 N–H and O–H groups in total. The summed E-state index contributed by atoms with van der Waals surface area (Å²) in [4.78, 5) is 50.7. The SMILES string of the molecule is CCC(=O)NC1(c2ccc(C(C)C)cc2CCC(=O)O)C(=O)c2ccccc2C1=O. The number of amides is 1. The lowest BCUT2D eigenvalue weighted by Crippen LogP contribution is -2.54. The first-order valence-electron chi connectivity index (χ1n) is 10.1. The topological polar surface area (TPSA) is 101 Å².